The molecule has 0 spiro atoms. The van der Waals surface area contributed by atoms with E-state index >= 15 is 0 Å². The van der Waals surface area contributed by atoms with Gasteiger partial charge in [-0.3, -0.25) is 10.4 Å². The van der Waals surface area contributed by atoms with E-state index < -0.39 is 16.5 Å². The van der Waals surface area contributed by atoms with Crippen molar-refractivity contribution in [1.29, 1.82) is 0 Å². The van der Waals surface area contributed by atoms with Gasteiger partial charge in [0.2, 0.25) is 0 Å². The monoisotopic (exact) mass is 445 g/mol. The molecule has 4 nitrogen and oxygen atoms in total. The molecular weight excluding hydrogens is 438 g/mol. The van der Waals surface area contributed by atoms with E-state index in [-0.39, 0.29) is 5.11 Å². The van der Waals surface area contributed by atoms with Gasteiger partial charge < -0.3 is 5.73 Å². The van der Waals surface area contributed by atoms with Crippen LogP contribution in [0.4, 0.5) is 0 Å². The zero-order valence-electron chi connectivity index (χ0n) is 7.34. The van der Waals surface area contributed by atoms with E-state index in [2.05, 4.69) is 27.7 Å². The molecule has 0 aromatic carbocycles. The fourth-order valence-corrected chi connectivity index (χ4v) is 0.667. The van der Waals surface area contributed by atoms with Gasteiger partial charge in [-0.15, -0.1) is 0 Å². The second-order valence-electron chi connectivity index (χ2n) is 2.03. The molecule has 0 saturated carbocycles. The maximum absolute atomic E-state index is 5.14. The molecule has 0 aliphatic carbocycles. The van der Waals surface area contributed by atoms with Gasteiger partial charge >= 0.3 is 35.3 Å². The standard InChI is InChI=1S/C7H8N4S.2ClH.Pt/c8-7(12)11-10-5-6-3-1-2-4-9-6;;;/h1-5H,(H3,8,11,12);2*1H;/q;;;+2/p-2. The Hall–Kier alpha value is -0.222. The first-order chi connectivity index (χ1) is 7.20. The summed E-state index contributed by atoms with van der Waals surface area (Å²) in [6, 6.07) is 5.53. The fraction of sp³-hybridized carbons (Fsp3) is 0. The Bertz CT molecular complexity index is 309. The van der Waals surface area contributed by atoms with Crippen LogP contribution in [0.2, 0.25) is 0 Å². The summed E-state index contributed by atoms with van der Waals surface area (Å²) in [5, 5.41) is 3.88. The van der Waals surface area contributed by atoms with Gasteiger partial charge in [0.1, 0.15) is 0 Å². The van der Waals surface area contributed by atoms with Gasteiger partial charge in [-0.25, -0.2) is 0 Å². The Labute approximate surface area is 110 Å². The summed E-state index contributed by atoms with van der Waals surface area (Å²) in [5.74, 6) is 0. The zero-order chi connectivity index (χ0) is 11.5. The van der Waals surface area contributed by atoms with Crippen molar-refractivity contribution in [3.8, 4) is 0 Å². The van der Waals surface area contributed by atoms with E-state index in [4.69, 9.17) is 24.6 Å². The second-order valence-corrected chi connectivity index (χ2v) is 5.76. The Kier molecular flexibility index (Phi) is 10.1. The number of nitrogens with one attached hydrogen (secondary N) is 1. The molecule has 86 valence electrons. The first-order valence-electron chi connectivity index (χ1n) is 3.52. The van der Waals surface area contributed by atoms with Crippen LogP contribution in [0.1, 0.15) is 5.69 Å². The Morgan fingerprint density at radius 3 is 2.73 bits per heavy atom. The molecular formula is C7H8Cl2N4PtS. The molecule has 0 aliphatic heterocycles. The van der Waals surface area contributed by atoms with E-state index in [0.29, 0.717) is 0 Å². The summed E-state index contributed by atoms with van der Waals surface area (Å²) in [6.45, 7) is 0. The predicted octanol–water partition coefficient (Wildman–Crippen LogP) is 1.63. The van der Waals surface area contributed by atoms with Crippen LogP contribution in [0.15, 0.2) is 29.5 Å². The Morgan fingerprint density at radius 2 is 2.27 bits per heavy atom. The number of hydrogen-bond donors (Lipinski definition) is 2. The van der Waals surface area contributed by atoms with E-state index in [0.717, 1.165) is 5.69 Å². The molecule has 0 saturated heterocycles. The van der Waals surface area contributed by atoms with Crippen molar-refractivity contribution in [3.05, 3.63) is 30.1 Å². The van der Waals surface area contributed by atoms with Crippen LogP contribution in [0.3, 0.4) is 0 Å². The van der Waals surface area contributed by atoms with Crippen LogP contribution in [-0.2, 0) is 16.5 Å². The summed E-state index contributed by atoms with van der Waals surface area (Å²) in [4.78, 5) is 4.00. The minimum absolute atomic E-state index is 0.141. The van der Waals surface area contributed by atoms with Crippen molar-refractivity contribution >= 4 is 42.4 Å². The number of nitrogens with two attached hydrogens (primary N) is 1. The van der Waals surface area contributed by atoms with Gasteiger partial charge in [-0.05, 0) is 24.4 Å². The molecule has 0 atom stereocenters. The summed E-state index contributed by atoms with van der Waals surface area (Å²) in [6.07, 6.45) is 3.22. The number of aromatic nitrogens is 1. The van der Waals surface area contributed by atoms with E-state index in [1.165, 1.54) is 0 Å². The molecule has 0 bridgehead atoms. The predicted molar refractivity (Wildman–Crippen MR) is 63.5 cm³/mol. The maximum atomic E-state index is 5.14. The topological polar surface area (TPSA) is 63.3 Å². The number of hydrogen-bond acceptors (Lipinski definition) is 3. The van der Waals surface area contributed by atoms with Crippen LogP contribution in [0.25, 0.3) is 0 Å². The summed E-state index contributed by atoms with van der Waals surface area (Å²) in [5.41, 5.74) is 8.33. The second kappa shape index (κ2) is 10.3. The number of rotatable bonds is 2. The van der Waals surface area contributed by atoms with Gasteiger partial charge in [0.15, 0.2) is 5.11 Å². The van der Waals surface area contributed by atoms with Crippen LogP contribution >= 0.6 is 31.1 Å². The van der Waals surface area contributed by atoms with E-state index in [9.17, 15) is 0 Å². The molecule has 0 radical (unpaired) electrons. The van der Waals surface area contributed by atoms with Gasteiger partial charge in [0.25, 0.3) is 0 Å². The van der Waals surface area contributed by atoms with Crippen LogP contribution in [0.5, 0.6) is 0 Å². The number of hydrazone groups is 1. The number of pyridine rings is 1. The number of nitrogens with zero attached hydrogens (tertiary/aromatic N) is 2. The van der Waals surface area contributed by atoms with Crippen LogP contribution in [0, 0.1) is 0 Å². The molecule has 1 aromatic heterocycles. The molecule has 3 N–H and O–H groups in total. The third kappa shape index (κ3) is 10.1. The van der Waals surface area contributed by atoms with Crippen molar-refractivity contribution in [2.75, 3.05) is 0 Å². The van der Waals surface area contributed by atoms with Gasteiger partial charge in [-0.2, -0.15) is 5.10 Å². The average Bonchev–Trinajstić information content (AvgIpc) is 2.20. The molecule has 1 aromatic rings. The third-order valence-electron chi connectivity index (χ3n) is 1.06. The average molecular weight is 446 g/mol. The number of halogens is 2. The summed E-state index contributed by atoms with van der Waals surface area (Å²) in [7, 11) is 9.75. The van der Waals surface area contributed by atoms with E-state index in [1.807, 2.05) is 18.2 Å². The molecule has 8 heteroatoms. The van der Waals surface area contributed by atoms with Crippen LogP contribution in [-0.4, -0.2) is 16.3 Å². The van der Waals surface area contributed by atoms with Crippen molar-refractivity contribution in [1.82, 2.24) is 10.4 Å². The quantitative estimate of drug-likeness (QED) is 0.412. The first-order valence-corrected chi connectivity index (χ1v) is 9.56. The normalized spacial score (nSPS) is 9.47. The Balaban J connectivity index is 0.000000583. The van der Waals surface area contributed by atoms with Crippen molar-refractivity contribution in [2.45, 2.75) is 0 Å². The zero-order valence-corrected chi connectivity index (χ0v) is 11.9. The van der Waals surface area contributed by atoms with E-state index in [1.54, 1.807) is 12.4 Å². The SMILES string of the molecule is NC(=S)NN=Cc1ccccn1.[Cl][Pt][Cl]. The molecule has 0 amide bonds. The van der Waals surface area contributed by atoms with Gasteiger partial charge in [0, 0.05) is 6.20 Å². The Morgan fingerprint density at radius 1 is 1.60 bits per heavy atom. The van der Waals surface area contributed by atoms with Crippen LogP contribution < -0.4 is 11.2 Å². The van der Waals surface area contributed by atoms with Crippen molar-refractivity contribution < 1.29 is 16.5 Å². The third-order valence-corrected chi connectivity index (χ3v) is 1.15. The molecule has 15 heavy (non-hydrogen) atoms. The van der Waals surface area contributed by atoms with Crippen molar-refractivity contribution in [3.63, 3.8) is 0 Å². The van der Waals surface area contributed by atoms with Gasteiger partial charge in [-0.1, -0.05) is 6.07 Å². The molecule has 1 rings (SSSR count). The number of thiocarbonyl (C=S) groups is 1. The molecule has 0 fully saturated rings. The molecule has 0 aliphatic rings. The first kappa shape index (κ1) is 14.8. The van der Waals surface area contributed by atoms with Crippen molar-refractivity contribution in [2.24, 2.45) is 10.8 Å². The molecule has 1 heterocycles. The summed E-state index contributed by atoms with van der Waals surface area (Å²) < 4.78 is 0. The summed E-state index contributed by atoms with van der Waals surface area (Å²) >= 11 is 4.07. The molecule has 0 unspecified atom stereocenters. The minimum atomic E-state index is -0.472. The fourth-order valence-electron chi connectivity index (χ4n) is 0.614. The van der Waals surface area contributed by atoms with Gasteiger partial charge in [0.05, 0.1) is 11.9 Å².